The second kappa shape index (κ2) is 11.1. The van der Waals surface area contributed by atoms with E-state index in [-0.39, 0.29) is 0 Å². The summed E-state index contributed by atoms with van der Waals surface area (Å²) in [4.78, 5) is 3.32. The number of nitrogens with one attached hydrogen (secondary N) is 2. The van der Waals surface area contributed by atoms with Gasteiger partial charge in [-0.3, -0.25) is 4.72 Å². The van der Waals surface area contributed by atoms with Gasteiger partial charge in [0, 0.05) is 23.1 Å². The number of nitrogens with zero attached hydrogens (tertiary/aromatic N) is 2. The lowest BCUT2D eigenvalue weighted by Gasteiger charge is -2.25. The minimum Gasteiger partial charge on any atom is -0.420 e. The molecule has 38 heavy (non-hydrogen) atoms. The molecule has 5 rings (SSSR count). The summed E-state index contributed by atoms with van der Waals surface area (Å²) in [7, 11) is -3.46. The van der Waals surface area contributed by atoms with Gasteiger partial charge in [-0.2, -0.15) is 0 Å². The Labute approximate surface area is 223 Å². The number of benzene rings is 2. The Balaban J connectivity index is 1.45. The normalized spacial score (nSPS) is 15.9. The van der Waals surface area contributed by atoms with Gasteiger partial charge in [-0.15, -0.1) is 10.2 Å². The lowest BCUT2D eigenvalue weighted by molar-refractivity contribution is 0.0607. The fourth-order valence-corrected chi connectivity index (χ4v) is 5.70. The number of anilines is 1. The highest BCUT2D eigenvalue weighted by Crippen LogP contribution is 2.36. The van der Waals surface area contributed by atoms with Gasteiger partial charge in [0.25, 0.3) is 0 Å². The molecule has 200 valence electrons. The van der Waals surface area contributed by atoms with Gasteiger partial charge in [0.15, 0.2) is 0 Å². The molecule has 1 aliphatic carbocycles. The molecule has 2 aromatic heterocycles. The predicted octanol–water partition coefficient (Wildman–Crippen LogP) is 5.49. The van der Waals surface area contributed by atoms with Gasteiger partial charge < -0.3 is 14.1 Å². The number of hydrogen-bond donors (Lipinski definition) is 2. The second-order valence-corrected chi connectivity index (χ2v) is 12.1. The molecular weight excluding hydrogens is 500 g/mol. The summed E-state index contributed by atoms with van der Waals surface area (Å²) in [5.74, 6) is 0.812. The van der Waals surface area contributed by atoms with E-state index in [1.807, 2.05) is 48.7 Å². The van der Waals surface area contributed by atoms with E-state index in [1.54, 1.807) is 6.07 Å². The Bertz CT molecular complexity index is 1440. The Morgan fingerprint density at radius 1 is 1.05 bits per heavy atom. The molecule has 1 unspecified atom stereocenters. The quantitative estimate of drug-likeness (QED) is 0.263. The fraction of sp³-hybridized carbons (Fsp3) is 0.379. The van der Waals surface area contributed by atoms with Crippen molar-refractivity contribution in [3.05, 3.63) is 89.6 Å². The van der Waals surface area contributed by atoms with E-state index in [9.17, 15) is 8.42 Å². The predicted molar refractivity (Wildman–Crippen MR) is 148 cm³/mol. The fourth-order valence-electron chi connectivity index (χ4n) is 5.16. The lowest BCUT2D eigenvalue weighted by atomic mass is 9.80. The van der Waals surface area contributed by atoms with Crippen molar-refractivity contribution in [3.63, 3.8) is 0 Å². The van der Waals surface area contributed by atoms with E-state index < -0.39 is 15.4 Å². The van der Waals surface area contributed by atoms with Crippen molar-refractivity contribution in [1.29, 1.82) is 0 Å². The van der Waals surface area contributed by atoms with Gasteiger partial charge in [0.1, 0.15) is 0 Å². The number of aromatic nitrogens is 3. The standard InChI is InChI=1S/C29H34N4O4S/c1-29(26-13-8-15-30-26,20-21-9-4-3-5-10-21)28-32-31-27(37-28)23-17-22(14-16-36-25-11-6-7-12-25)18-24(19-23)33-38(2,34)35/h3-5,8-10,13,15,17-19,25,30,33H,6-7,11-12,14,16,20H2,1-2H3. The van der Waals surface area contributed by atoms with Gasteiger partial charge in [-0.25, -0.2) is 8.42 Å². The second-order valence-electron chi connectivity index (χ2n) is 10.3. The van der Waals surface area contributed by atoms with Crippen molar-refractivity contribution in [2.45, 2.75) is 57.0 Å². The number of H-pyrrole nitrogens is 1. The minimum atomic E-state index is -3.46. The SMILES string of the molecule is CC(Cc1ccccc1)(c1ccc[nH]1)c1nnc(-c2cc(CCOC3CCCC3)cc(NS(C)(=O)=O)c2)o1. The molecule has 2 heterocycles. The molecule has 4 aromatic rings. The summed E-state index contributed by atoms with van der Waals surface area (Å²) in [5.41, 5.74) is 3.57. The Morgan fingerprint density at radius 2 is 1.84 bits per heavy atom. The Hall–Kier alpha value is -3.43. The van der Waals surface area contributed by atoms with Crippen LogP contribution in [0.2, 0.25) is 0 Å². The summed E-state index contributed by atoms with van der Waals surface area (Å²) in [6, 6.07) is 19.7. The first-order chi connectivity index (χ1) is 18.3. The third-order valence-electron chi connectivity index (χ3n) is 7.08. The number of hydrogen-bond acceptors (Lipinski definition) is 6. The van der Waals surface area contributed by atoms with Crippen LogP contribution in [0.5, 0.6) is 0 Å². The first kappa shape index (κ1) is 26.2. The van der Waals surface area contributed by atoms with Crippen LogP contribution in [0.15, 0.2) is 71.3 Å². The number of sulfonamides is 1. The van der Waals surface area contributed by atoms with Crippen LogP contribution in [-0.4, -0.2) is 42.6 Å². The zero-order valence-corrected chi connectivity index (χ0v) is 22.6. The third-order valence-corrected chi connectivity index (χ3v) is 7.69. The van der Waals surface area contributed by atoms with Crippen LogP contribution in [0, 0.1) is 0 Å². The number of ether oxygens (including phenoxy) is 1. The van der Waals surface area contributed by atoms with Crippen LogP contribution < -0.4 is 4.72 Å². The molecule has 9 heteroatoms. The van der Waals surface area contributed by atoms with Crippen molar-refractivity contribution < 1.29 is 17.6 Å². The summed E-state index contributed by atoms with van der Waals surface area (Å²) >= 11 is 0. The minimum absolute atomic E-state index is 0.320. The molecule has 1 atom stereocenters. The zero-order chi connectivity index (χ0) is 26.6. The van der Waals surface area contributed by atoms with Crippen molar-refractivity contribution in [2.24, 2.45) is 0 Å². The van der Waals surface area contributed by atoms with Gasteiger partial charge in [0.2, 0.25) is 21.8 Å². The van der Waals surface area contributed by atoms with Crippen LogP contribution >= 0.6 is 0 Å². The molecule has 1 saturated carbocycles. The first-order valence-electron chi connectivity index (χ1n) is 13.0. The summed E-state index contributed by atoms with van der Waals surface area (Å²) in [6.07, 6.45) is 9.30. The van der Waals surface area contributed by atoms with Crippen LogP contribution in [-0.2, 0) is 33.0 Å². The molecule has 2 N–H and O–H groups in total. The largest absolute Gasteiger partial charge is 0.420 e. The van der Waals surface area contributed by atoms with Crippen LogP contribution in [0.4, 0.5) is 5.69 Å². The van der Waals surface area contributed by atoms with Crippen molar-refractivity contribution in [2.75, 3.05) is 17.6 Å². The van der Waals surface area contributed by atoms with Gasteiger partial charge >= 0.3 is 0 Å². The van der Waals surface area contributed by atoms with E-state index in [0.717, 1.165) is 35.9 Å². The molecule has 8 nitrogen and oxygen atoms in total. The van der Waals surface area contributed by atoms with Crippen LogP contribution in [0.25, 0.3) is 11.5 Å². The zero-order valence-electron chi connectivity index (χ0n) is 21.8. The highest BCUT2D eigenvalue weighted by Gasteiger charge is 2.36. The average Bonchev–Trinajstić information content (AvgIpc) is 3.67. The highest BCUT2D eigenvalue weighted by molar-refractivity contribution is 7.92. The summed E-state index contributed by atoms with van der Waals surface area (Å²) in [6.45, 7) is 2.65. The molecule has 0 bridgehead atoms. The Morgan fingerprint density at radius 3 is 2.55 bits per heavy atom. The molecule has 0 radical (unpaired) electrons. The number of aromatic amines is 1. The lowest BCUT2D eigenvalue weighted by Crippen LogP contribution is -2.27. The maximum absolute atomic E-state index is 12.0. The molecule has 0 amide bonds. The number of rotatable bonds is 11. The van der Waals surface area contributed by atoms with Crippen molar-refractivity contribution in [3.8, 4) is 11.5 Å². The van der Waals surface area contributed by atoms with Gasteiger partial charge in [-0.1, -0.05) is 43.2 Å². The topological polar surface area (TPSA) is 110 Å². The van der Waals surface area contributed by atoms with Gasteiger partial charge in [0.05, 0.1) is 24.4 Å². The first-order valence-corrected chi connectivity index (χ1v) is 14.9. The van der Waals surface area contributed by atoms with Crippen molar-refractivity contribution in [1.82, 2.24) is 15.2 Å². The van der Waals surface area contributed by atoms with E-state index >= 15 is 0 Å². The molecule has 0 saturated heterocycles. The highest BCUT2D eigenvalue weighted by atomic mass is 32.2. The molecule has 0 spiro atoms. The average molecular weight is 535 g/mol. The maximum Gasteiger partial charge on any atom is 0.247 e. The summed E-state index contributed by atoms with van der Waals surface area (Å²) < 4.78 is 38.9. The van der Waals surface area contributed by atoms with Crippen molar-refractivity contribution >= 4 is 15.7 Å². The molecule has 0 aliphatic heterocycles. The molecule has 1 aliphatic rings. The molecule has 2 aromatic carbocycles. The molecular formula is C29H34N4O4S. The van der Waals surface area contributed by atoms with E-state index in [1.165, 1.54) is 12.8 Å². The smallest absolute Gasteiger partial charge is 0.247 e. The monoisotopic (exact) mass is 534 g/mol. The van der Waals surface area contributed by atoms with Crippen LogP contribution in [0.3, 0.4) is 0 Å². The van der Waals surface area contributed by atoms with Crippen LogP contribution in [0.1, 0.15) is 55.3 Å². The van der Waals surface area contributed by atoms with E-state index in [2.05, 4.69) is 39.0 Å². The summed E-state index contributed by atoms with van der Waals surface area (Å²) in [5, 5.41) is 8.85. The van der Waals surface area contributed by atoms with E-state index in [0.29, 0.717) is 48.6 Å². The molecule has 1 fully saturated rings. The maximum atomic E-state index is 12.0. The van der Waals surface area contributed by atoms with E-state index in [4.69, 9.17) is 9.15 Å². The third kappa shape index (κ3) is 6.34. The van der Waals surface area contributed by atoms with Gasteiger partial charge in [-0.05, 0) is 74.1 Å². The Kier molecular flexibility index (Phi) is 7.67.